The minimum atomic E-state index is -0.879. The zero-order chi connectivity index (χ0) is 18.2. The number of carbonyl (C=O) groups excluding carboxylic acids is 4. The summed E-state index contributed by atoms with van der Waals surface area (Å²) < 4.78 is 4.74. The fourth-order valence-electron chi connectivity index (χ4n) is 2.92. The lowest BCUT2D eigenvalue weighted by molar-refractivity contribution is -0.147. The van der Waals surface area contributed by atoms with Crippen molar-refractivity contribution in [3.8, 4) is 0 Å². The molecule has 0 aliphatic heterocycles. The number of ketones is 1. The molecule has 1 fully saturated rings. The molecule has 0 bridgehead atoms. The quantitative estimate of drug-likeness (QED) is 0.743. The van der Waals surface area contributed by atoms with Gasteiger partial charge < -0.3 is 15.4 Å². The van der Waals surface area contributed by atoms with Gasteiger partial charge in [0.25, 0.3) is 5.91 Å². The first-order valence-electron chi connectivity index (χ1n) is 8.23. The maximum atomic E-state index is 12.1. The summed E-state index contributed by atoms with van der Waals surface area (Å²) in [6.45, 7) is -0.262. The van der Waals surface area contributed by atoms with Crippen molar-refractivity contribution in [3.63, 3.8) is 0 Å². The Morgan fingerprint density at radius 1 is 1.24 bits per heavy atom. The number of methoxy groups -OCH3 is 1. The van der Waals surface area contributed by atoms with E-state index in [4.69, 9.17) is 4.74 Å². The maximum absolute atomic E-state index is 12.1. The van der Waals surface area contributed by atoms with Crippen LogP contribution >= 0.6 is 0 Å². The van der Waals surface area contributed by atoms with Gasteiger partial charge in [-0.05, 0) is 30.9 Å². The number of ether oxygens (including phenoxy) is 1. The Morgan fingerprint density at radius 3 is 2.60 bits per heavy atom. The normalized spacial score (nSPS) is 18.1. The molecule has 7 heteroatoms. The van der Waals surface area contributed by atoms with Crippen molar-refractivity contribution in [1.29, 1.82) is 0 Å². The van der Waals surface area contributed by atoms with Crippen molar-refractivity contribution in [2.75, 3.05) is 13.7 Å². The van der Waals surface area contributed by atoms with Crippen molar-refractivity contribution in [3.05, 3.63) is 35.9 Å². The topological polar surface area (TPSA) is 102 Å². The highest BCUT2D eigenvalue weighted by Gasteiger charge is 2.34. The molecule has 0 aromatic heterocycles. The second-order valence-electron chi connectivity index (χ2n) is 6.01. The van der Waals surface area contributed by atoms with Crippen molar-refractivity contribution < 1.29 is 23.9 Å². The van der Waals surface area contributed by atoms with Gasteiger partial charge in [0.2, 0.25) is 5.91 Å². The van der Waals surface area contributed by atoms with Gasteiger partial charge in [-0.2, -0.15) is 0 Å². The van der Waals surface area contributed by atoms with Crippen LogP contribution in [0.4, 0.5) is 0 Å². The summed E-state index contributed by atoms with van der Waals surface area (Å²) in [5, 5.41) is 5.09. The monoisotopic (exact) mass is 346 g/mol. The van der Waals surface area contributed by atoms with Crippen LogP contribution in [0.3, 0.4) is 0 Å². The minimum absolute atomic E-state index is 0.0804. The molecular weight excluding hydrogens is 324 g/mol. The molecule has 0 saturated heterocycles. The van der Waals surface area contributed by atoms with Crippen LogP contribution in [0.15, 0.2) is 30.3 Å². The molecule has 2 atom stereocenters. The summed E-state index contributed by atoms with van der Waals surface area (Å²) >= 11 is 0. The Hall–Kier alpha value is -2.70. The van der Waals surface area contributed by atoms with Crippen LogP contribution in [0.25, 0.3) is 0 Å². The van der Waals surface area contributed by atoms with E-state index in [1.165, 1.54) is 7.11 Å². The number of amides is 2. The van der Waals surface area contributed by atoms with Crippen LogP contribution in [0.2, 0.25) is 0 Å². The van der Waals surface area contributed by atoms with E-state index in [1.54, 1.807) is 30.3 Å². The molecule has 7 nitrogen and oxygen atoms in total. The summed E-state index contributed by atoms with van der Waals surface area (Å²) in [7, 11) is 1.24. The Labute approximate surface area is 146 Å². The van der Waals surface area contributed by atoms with Crippen LogP contribution in [-0.2, 0) is 19.1 Å². The van der Waals surface area contributed by atoms with Gasteiger partial charge in [-0.25, -0.2) is 4.79 Å². The number of carbonyl (C=O) groups is 4. The molecule has 2 amide bonds. The third-order valence-electron chi connectivity index (χ3n) is 4.21. The molecule has 1 aromatic rings. The number of hydrogen-bond donors (Lipinski definition) is 2. The molecule has 1 aromatic carbocycles. The van der Waals surface area contributed by atoms with E-state index in [0.717, 1.165) is 0 Å². The van der Waals surface area contributed by atoms with Crippen molar-refractivity contribution in [2.24, 2.45) is 5.92 Å². The highest BCUT2D eigenvalue weighted by Crippen LogP contribution is 2.25. The lowest BCUT2D eigenvalue weighted by Crippen LogP contribution is -2.50. The molecule has 1 saturated carbocycles. The molecule has 0 unspecified atom stereocenters. The van der Waals surface area contributed by atoms with Gasteiger partial charge in [0.1, 0.15) is 11.8 Å². The van der Waals surface area contributed by atoms with Gasteiger partial charge >= 0.3 is 5.97 Å². The van der Waals surface area contributed by atoms with E-state index >= 15 is 0 Å². The van der Waals surface area contributed by atoms with Crippen molar-refractivity contribution >= 4 is 23.6 Å². The van der Waals surface area contributed by atoms with Crippen LogP contribution in [0.5, 0.6) is 0 Å². The van der Waals surface area contributed by atoms with Gasteiger partial charge in [0, 0.05) is 18.4 Å². The van der Waals surface area contributed by atoms with E-state index in [0.29, 0.717) is 24.8 Å². The molecule has 1 aliphatic rings. The number of benzene rings is 1. The predicted octanol–water partition coefficient (Wildman–Crippen LogP) is 0.834. The van der Waals surface area contributed by atoms with E-state index < -0.39 is 17.9 Å². The fraction of sp³-hybridized carbons (Fsp3) is 0.444. The van der Waals surface area contributed by atoms with E-state index in [2.05, 4.69) is 10.6 Å². The van der Waals surface area contributed by atoms with E-state index in [1.807, 2.05) is 0 Å². The molecule has 1 aliphatic carbocycles. The van der Waals surface area contributed by atoms with E-state index in [9.17, 15) is 19.2 Å². The molecular formula is C18H22N2O5. The predicted molar refractivity (Wildman–Crippen MR) is 89.7 cm³/mol. The molecule has 25 heavy (non-hydrogen) atoms. The molecule has 134 valence electrons. The summed E-state index contributed by atoms with van der Waals surface area (Å²) in [5.41, 5.74) is 0.442. The molecule has 2 N–H and O–H groups in total. The molecule has 0 heterocycles. The third kappa shape index (κ3) is 5.41. The standard InChI is InChI=1S/C18H22N2O5/c1-25-18(24)16(13-8-5-9-14(21)10-13)20-15(22)11-19-17(23)12-6-3-2-4-7-12/h2-4,6-7,13,16H,5,8-11H2,1H3,(H,19,23)(H,20,22)/t13-,16-/m0/s1. The second-order valence-corrected chi connectivity index (χ2v) is 6.01. The summed E-state index contributed by atoms with van der Waals surface area (Å²) in [4.78, 5) is 47.7. The fourth-order valence-corrected chi connectivity index (χ4v) is 2.92. The number of hydrogen-bond acceptors (Lipinski definition) is 5. The van der Waals surface area contributed by atoms with Gasteiger partial charge in [0.15, 0.2) is 0 Å². The minimum Gasteiger partial charge on any atom is -0.467 e. The third-order valence-corrected chi connectivity index (χ3v) is 4.21. The molecule has 0 radical (unpaired) electrons. The lowest BCUT2D eigenvalue weighted by Gasteiger charge is -2.28. The zero-order valence-electron chi connectivity index (χ0n) is 14.1. The average molecular weight is 346 g/mol. The average Bonchev–Trinajstić information content (AvgIpc) is 2.64. The van der Waals surface area contributed by atoms with Gasteiger partial charge in [-0.15, -0.1) is 0 Å². The Balaban J connectivity index is 1.91. The van der Waals surface area contributed by atoms with Gasteiger partial charge in [0.05, 0.1) is 13.7 Å². The Bertz CT molecular complexity index is 644. The van der Waals surface area contributed by atoms with Crippen molar-refractivity contribution in [2.45, 2.75) is 31.7 Å². The molecule has 0 spiro atoms. The summed E-state index contributed by atoms with van der Waals surface area (Å²) in [6, 6.07) is 7.63. The van der Waals surface area contributed by atoms with Gasteiger partial charge in [-0.1, -0.05) is 18.2 Å². The first-order chi connectivity index (χ1) is 12.0. The second kappa shape index (κ2) is 8.96. The number of Topliss-reactive ketones (excluding diaryl/α,β-unsaturated/α-hetero) is 1. The first kappa shape index (κ1) is 18.6. The summed E-state index contributed by atoms with van der Waals surface area (Å²) in [6.07, 6.45) is 2.11. The Kier molecular flexibility index (Phi) is 6.68. The first-order valence-corrected chi connectivity index (χ1v) is 8.23. The highest BCUT2D eigenvalue weighted by atomic mass is 16.5. The zero-order valence-corrected chi connectivity index (χ0v) is 14.1. The highest BCUT2D eigenvalue weighted by molar-refractivity contribution is 5.97. The smallest absolute Gasteiger partial charge is 0.328 e. The maximum Gasteiger partial charge on any atom is 0.328 e. The summed E-state index contributed by atoms with van der Waals surface area (Å²) in [5.74, 6) is -1.65. The van der Waals surface area contributed by atoms with Crippen LogP contribution in [-0.4, -0.2) is 43.3 Å². The number of nitrogens with one attached hydrogen (secondary N) is 2. The SMILES string of the molecule is COC(=O)[C@@H](NC(=O)CNC(=O)c1ccccc1)[C@H]1CCCC(=O)C1. The number of esters is 1. The molecule has 2 rings (SSSR count). The van der Waals surface area contributed by atoms with E-state index in [-0.39, 0.29) is 30.6 Å². The van der Waals surface area contributed by atoms with Crippen LogP contribution in [0, 0.1) is 5.92 Å². The largest absolute Gasteiger partial charge is 0.467 e. The Morgan fingerprint density at radius 2 is 1.96 bits per heavy atom. The van der Waals surface area contributed by atoms with Crippen LogP contribution < -0.4 is 10.6 Å². The number of rotatable bonds is 6. The van der Waals surface area contributed by atoms with Crippen LogP contribution in [0.1, 0.15) is 36.0 Å². The van der Waals surface area contributed by atoms with Crippen molar-refractivity contribution in [1.82, 2.24) is 10.6 Å². The lowest BCUT2D eigenvalue weighted by atomic mass is 9.83. The van der Waals surface area contributed by atoms with Gasteiger partial charge in [-0.3, -0.25) is 14.4 Å².